The summed E-state index contributed by atoms with van der Waals surface area (Å²) in [4.78, 5) is 39.5. The van der Waals surface area contributed by atoms with Gasteiger partial charge in [0.15, 0.2) is 0 Å². The van der Waals surface area contributed by atoms with Gasteiger partial charge in [0.2, 0.25) is 11.8 Å². The normalized spacial score (nSPS) is 10.6. The third-order valence-electron chi connectivity index (χ3n) is 4.19. The van der Waals surface area contributed by atoms with Gasteiger partial charge in [-0.1, -0.05) is 11.8 Å². The van der Waals surface area contributed by atoms with Crippen molar-refractivity contribution in [1.29, 1.82) is 0 Å². The summed E-state index contributed by atoms with van der Waals surface area (Å²) >= 11 is 0.973. The number of anilines is 2. The number of carbonyl (C=O) groups excluding carboxylic acids is 3. The molecule has 0 radical (unpaired) electrons. The highest BCUT2D eigenvalue weighted by molar-refractivity contribution is 8.00. The van der Waals surface area contributed by atoms with Crippen LogP contribution in [0.4, 0.5) is 20.2 Å². The van der Waals surface area contributed by atoms with E-state index in [2.05, 4.69) is 15.6 Å². The quantitative estimate of drug-likeness (QED) is 0.619. The van der Waals surface area contributed by atoms with Gasteiger partial charge in [0.25, 0.3) is 5.91 Å². The molecule has 1 aromatic carbocycles. The number of benzene rings is 1. The van der Waals surface area contributed by atoms with Crippen LogP contribution in [0.15, 0.2) is 17.2 Å². The first-order valence-corrected chi connectivity index (χ1v) is 9.46. The van der Waals surface area contributed by atoms with Gasteiger partial charge >= 0.3 is 0 Å². The molecule has 10 heteroatoms. The van der Waals surface area contributed by atoms with Crippen LogP contribution in [-0.2, 0) is 9.59 Å². The van der Waals surface area contributed by atoms with Crippen LogP contribution < -0.4 is 16.4 Å². The number of hydrogen-bond acceptors (Lipinski definition) is 5. The van der Waals surface area contributed by atoms with Crippen molar-refractivity contribution in [1.82, 2.24) is 4.98 Å². The second-order valence-corrected chi connectivity index (χ2v) is 7.29. The highest BCUT2D eigenvalue weighted by Crippen LogP contribution is 2.28. The molecule has 0 bridgehead atoms. The molecule has 3 amide bonds. The molecule has 0 aliphatic rings. The SMILES string of the molecule is CC(=O)Nc1cc(NC(=O)CSc2nc(C)c(C)c(C)c2C(N)=O)c(F)cc1F. The number of pyridine rings is 1. The van der Waals surface area contributed by atoms with Crippen LogP contribution in [0.2, 0.25) is 0 Å². The number of primary amides is 1. The zero-order valence-electron chi connectivity index (χ0n) is 16.3. The van der Waals surface area contributed by atoms with E-state index in [1.165, 1.54) is 6.92 Å². The molecule has 0 fully saturated rings. The van der Waals surface area contributed by atoms with Gasteiger partial charge in [0.1, 0.15) is 16.7 Å². The topological polar surface area (TPSA) is 114 Å². The van der Waals surface area contributed by atoms with Gasteiger partial charge in [-0.15, -0.1) is 0 Å². The molecule has 0 aliphatic carbocycles. The fourth-order valence-electron chi connectivity index (χ4n) is 2.56. The van der Waals surface area contributed by atoms with Crippen molar-refractivity contribution in [2.24, 2.45) is 5.73 Å². The molecule has 4 N–H and O–H groups in total. The number of carbonyl (C=O) groups is 3. The number of aromatic nitrogens is 1. The first-order chi connectivity index (χ1) is 13.5. The predicted octanol–water partition coefficient (Wildman–Crippen LogP) is 3.07. The van der Waals surface area contributed by atoms with Crippen molar-refractivity contribution in [3.05, 3.63) is 46.2 Å². The Kier molecular flexibility index (Phi) is 6.91. The number of thioether (sulfide) groups is 1. The van der Waals surface area contributed by atoms with E-state index in [1.54, 1.807) is 13.8 Å². The van der Waals surface area contributed by atoms with E-state index in [0.717, 1.165) is 23.4 Å². The van der Waals surface area contributed by atoms with Crippen LogP contribution in [-0.4, -0.2) is 28.5 Å². The Morgan fingerprint density at radius 2 is 1.62 bits per heavy atom. The molecule has 0 aliphatic heterocycles. The molecular formula is C19H20F2N4O3S. The molecule has 0 saturated carbocycles. The van der Waals surface area contributed by atoms with Crippen LogP contribution >= 0.6 is 11.8 Å². The number of hydrogen-bond donors (Lipinski definition) is 3. The smallest absolute Gasteiger partial charge is 0.251 e. The summed E-state index contributed by atoms with van der Waals surface area (Å²) < 4.78 is 27.7. The summed E-state index contributed by atoms with van der Waals surface area (Å²) in [6.07, 6.45) is 0. The van der Waals surface area contributed by atoms with Crippen molar-refractivity contribution >= 4 is 40.9 Å². The Morgan fingerprint density at radius 3 is 2.17 bits per heavy atom. The van der Waals surface area contributed by atoms with Gasteiger partial charge in [-0.2, -0.15) is 0 Å². The van der Waals surface area contributed by atoms with Gasteiger partial charge in [0, 0.05) is 18.7 Å². The summed E-state index contributed by atoms with van der Waals surface area (Å²) in [5.41, 5.74) is 7.32. The molecule has 1 aromatic heterocycles. The van der Waals surface area contributed by atoms with Crippen molar-refractivity contribution in [2.75, 3.05) is 16.4 Å². The fraction of sp³-hybridized carbons (Fsp3) is 0.263. The van der Waals surface area contributed by atoms with Crippen LogP contribution in [0.25, 0.3) is 0 Å². The number of aryl methyl sites for hydroxylation is 1. The highest BCUT2D eigenvalue weighted by atomic mass is 32.2. The van der Waals surface area contributed by atoms with Gasteiger partial charge < -0.3 is 16.4 Å². The van der Waals surface area contributed by atoms with Crippen molar-refractivity contribution in [2.45, 2.75) is 32.7 Å². The molecule has 2 aromatic rings. The average Bonchev–Trinajstić information content (AvgIpc) is 2.61. The lowest BCUT2D eigenvalue weighted by molar-refractivity contribution is -0.114. The Hall–Kier alpha value is -3.01. The largest absolute Gasteiger partial charge is 0.366 e. The molecule has 0 unspecified atom stereocenters. The number of nitrogens with one attached hydrogen (secondary N) is 2. The minimum atomic E-state index is -0.993. The molecular weight excluding hydrogens is 402 g/mol. The van der Waals surface area contributed by atoms with E-state index in [-0.39, 0.29) is 22.7 Å². The molecule has 0 atom stereocenters. The highest BCUT2D eigenvalue weighted by Gasteiger charge is 2.19. The summed E-state index contributed by atoms with van der Waals surface area (Å²) in [7, 11) is 0. The maximum atomic E-state index is 14.0. The molecule has 2 rings (SSSR count). The molecule has 29 heavy (non-hydrogen) atoms. The van der Waals surface area contributed by atoms with Crippen molar-refractivity contribution in [3.63, 3.8) is 0 Å². The zero-order chi connectivity index (χ0) is 21.9. The first-order valence-electron chi connectivity index (χ1n) is 8.48. The monoisotopic (exact) mass is 422 g/mol. The van der Waals surface area contributed by atoms with Crippen molar-refractivity contribution < 1.29 is 23.2 Å². The van der Waals surface area contributed by atoms with Gasteiger partial charge in [-0.25, -0.2) is 13.8 Å². The Labute approximate surface area is 170 Å². The fourth-order valence-corrected chi connectivity index (χ4v) is 3.50. The number of halogens is 2. The third-order valence-corrected chi connectivity index (χ3v) is 5.17. The maximum Gasteiger partial charge on any atom is 0.251 e. The first kappa shape index (κ1) is 22.3. The van der Waals surface area contributed by atoms with Crippen LogP contribution in [0, 0.1) is 32.4 Å². The third kappa shape index (κ3) is 5.29. The second-order valence-electron chi connectivity index (χ2n) is 6.32. The van der Waals surface area contributed by atoms with Gasteiger partial charge in [0.05, 0.1) is 22.7 Å². The summed E-state index contributed by atoms with van der Waals surface area (Å²) in [5.74, 6) is -3.97. The van der Waals surface area contributed by atoms with Crippen LogP contribution in [0.5, 0.6) is 0 Å². The van der Waals surface area contributed by atoms with E-state index < -0.39 is 29.4 Å². The summed E-state index contributed by atoms with van der Waals surface area (Å²) in [6.45, 7) is 6.50. The lowest BCUT2D eigenvalue weighted by Crippen LogP contribution is -2.19. The minimum absolute atomic E-state index is 0.193. The maximum absolute atomic E-state index is 14.0. The van der Waals surface area contributed by atoms with Crippen LogP contribution in [0.1, 0.15) is 34.1 Å². The average molecular weight is 422 g/mol. The van der Waals surface area contributed by atoms with Gasteiger partial charge in [-0.3, -0.25) is 14.4 Å². The number of rotatable bonds is 6. The predicted molar refractivity (Wildman–Crippen MR) is 107 cm³/mol. The van der Waals surface area contributed by atoms with E-state index in [9.17, 15) is 23.2 Å². The van der Waals surface area contributed by atoms with E-state index in [0.29, 0.717) is 22.3 Å². The van der Waals surface area contributed by atoms with E-state index in [4.69, 9.17) is 5.73 Å². The number of amides is 3. The molecule has 154 valence electrons. The minimum Gasteiger partial charge on any atom is -0.366 e. The zero-order valence-corrected chi connectivity index (χ0v) is 17.1. The Morgan fingerprint density at radius 1 is 1.03 bits per heavy atom. The van der Waals surface area contributed by atoms with Crippen LogP contribution in [0.3, 0.4) is 0 Å². The standard InChI is InChI=1S/C19H20F2N4O3S/c1-8-9(2)17(18(22)28)19(23-10(8)3)29-7-16(27)25-15-6-14(24-11(4)26)12(20)5-13(15)21/h5-6H,7H2,1-4H3,(H2,22,28)(H,24,26)(H,25,27). The molecule has 1 heterocycles. The molecule has 0 spiro atoms. The van der Waals surface area contributed by atoms with E-state index in [1.807, 2.05) is 6.92 Å². The van der Waals surface area contributed by atoms with Gasteiger partial charge in [-0.05, 0) is 38.0 Å². The Balaban J connectivity index is 2.19. The molecule has 7 nitrogen and oxygen atoms in total. The second kappa shape index (κ2) is 8.99. The lowest BCUT2D eigenvalue weighted by atomic mass is 10.0. The van der Waals surface area contributed by atoms with Crippen molar-refractivity contribution in [3.8, 4) is 0 Å². The Bertz CT molecular complexity index is 1010. The van der Waals surface area contributed by atoms with E-state index >= 15 is 0 Å². The number of nitrogens with two attached hydrogens (primary N) is 1. The molecule has 0 saturated heterocycles. The summed E-state index contributed by atoms with van der Waals surface area (Å²) in [5, 5.41) is 4.82. The lowest BCUT2D eigenvalue weighted by Gasteiger charge is -2.14. The number of nitrogens with zero attached hydrogens (tertiary/aromatic N) is 1. The summed E-state index contributed by atoms with van der Waals surface area (Å²) in [6, 6.07) is 1.55.